The first kappa shape index (κ1) is 50.7. The Hall–Kier alpha value is -6.32. The van der Waals surface area contributed by atoms with Gasteiger partial charge in [-0.25, -0.2) is 0 Å². The molecule has 0 radical (unpaired) electrons. The summed E-state index contributed by atoms with van der Waals surface area (Å²) in [6.45, 7) is 10.3. The minimum Gasteiger partial charge on any atom is -0.481 e. The maximum absolute atomic E-state index is 14.2. The van der Waals surface area contributed by atoms with E-state index in [1.54, 1.807) is 52.0 Å². The predicted octanol–water partition coefficient (Wildman–Crippen LogP) is -0.0350. The van der Waals surface area contributed by atoms with E-state index in [9.17, 15) is 58.2 Å². The van der Waals surface area contributed by atoms with Crippen molar-refractivity contribution in [1.29, 1.82) is 0 Å². The lowest BCUT2D eigenvalue weighted by Crippen LogP contribution is -2.62. The summed E-state index contributed by atoms with van der Waals surface area (Å²) in [5.41, 5.74) is 0.305. The number of carbonyl (C=O) groups excluding carboxylic acids is 7. The molecule has 0 fully saturated rings. The SMILES string of the molecule is C#CCC(C=O)NC(=O)[C@H](CC(C)C)NC(=O)[C@@H](NC(=O)[C@H](Cc1ccccc1C)NC(=O)[C@H](CCC(=O)O)NC(=O)[C@H](CC(=O)O)NC(=O)CCC(=O)O)C(C)(C)C. The van der Waals surface area contributed by atoms with Crippen molar-refractivity contribution in [2.75, 3.05) is 0 Å². The van der Waals surface area contributed by atoms with Gasteiger partial charge in [0.25, 0.3) is 0 Å². The van der Waals surface area contributed by atoms with Gasteiger partial charge in [-0.15, -0.1) is 12.3 Å². The third-order valence-electron chi connectivity index (χ3n) is 8.78. The lowest BCUT2D eigenvalue weighted by molar-refractivity contribution is -0.142. The van der Waals surface area contributed by atoms with Gasteiger partial charge in [-0.2, -0.15) is 0 Å². The normalized spacial score (nSPS) is 14.1. The van der Waals surface area contributed by atoms with Crippen LogP contribution in [0.5, 0.6) is 0 Å². The molecule has 324 valence electrons. The molecule has 1 unspecified atom stereocenters. The van der Waals surface area contributed by atoms with Crippen LogP contribution in [0, 0.1) is 30.6 Å². The Kier molecular flexibility index (Phi) is 21.0. The number of carboxylic acid groups (broad SMARTS) is 3. The van der Waals surface area contributed by atoms with Crippen molar-refractivity contribution in [3.8, 4) is 12.3 Å². The van der Waals surface area contributed by atoms with E-state index in [4.69, 9.17) is 11.5 Å². The molecular weight excluding hydrogens is 772 g/mol. The number of benzene rings is 1. The van der Waals surface area contributed by atoms with Crippen LogP contribution in [-0.2, 0) is 54.4 Å². The van der Waals surface area contributed by atoms with Crippen LogP contribution < -0.4 is 31.9 Å². The number of terminal acetylenes is 1. The van der Waals surface area contributed by atoms with Gasteiger partial charge >= 0.3 is 17.9 Å². The Balaban J connectivity index is 3.55. The van der Waals surface area contributed by atoms with E-state index < -0.39 is 127 Å². The molecule has 0 saturated heterocycles. The molecule has 0 aliphatic rings. The topological polar surface area (TPSA) is 304 Å². The molecule has 0 heterocycles. The van der Waals surface area contributed by atoms with Crippen molar-refractivity contribution >= 4 is 59.6 Å². The second-order valence-corrected chi connectivity index (χ2v) is 15.5. The fraction of sp³-hybridized carbons (Fsp3) is 0.550. The number of aldehydes is 1. The number of carbonyl (C=O) groups is 10. The van der Waals surface area contributed by atoms with Crippen LogP contribution in [0.3, 0.4) is 0 Å². The summed E-state index contributed by atoms with van der Waals surface area (Å²) in [7, 11) is 0. The first-order valence-corrected chi connectivity index (χ1v) is 18.9. The zero-order valence-corrected chi connectivity index (χ0v) is 34.1. The highest BCUT2D eigenvalue weighted by Gasteiger charge is 2.38. The largest absolute Gasteiger partial charge is 0.481 e. The van der Waals surface area contributed by atoms with E-state index in [0.717, 1.165) is 5.56 Å². The second-order valence-electron chi connectivity index (χ2n) is 15.5. The minimum absolute atomic E-state index is 0.0822. The van der Waals surface area contributed by atoms with Crippen molar-refractivity contribution in [3.05, 3.63) is 35.4 Å². The third kappa shape index (κ3) is 19.1. The van der Waals surface area contributed by atoms with Gasteiger partial charge in [0.05, 0.1) is 18.9 Å². The second kappa shape index (κ2) is 24.5. The maximum atomic E-state index is 14.2. The van der Waals surface area contributed by atoms with E-state index in [0.29, 0.717) is 11.8 Å². The van der Waals surface area contributed by atoms with Gasteiger partial charge in [0.1, 0.15) is 36.5 Å². The van der Waals surface area contributed by atoms with Crippen LogP contribution in [0.4, 0.5) is 0 Å². The zero-order chi connectivity index (χ0) is 45.0. The van der Waals surface area contributed by atoms with Crippen molar-refractivity contribution < 1.29 is 63.3 Å². The molecule has 9 N–H and O–H groups in total. The van der Waals surface area contributed by atoms with Crippen LogP contribution in [0.15, 0.2) is 24.3 Å². The molecule has 0 saturated carbocycles. The molecule has 19 nitrogen and oxygen atoms in total. The van der Waals surface area contributed by atoms with Crippen molar-refractivity contribution in [3.63, 3.8) is 0 Å². The molecule has 0 bridgehead atoms. The number of aliphatic carboxylic acids is 3. The summed E-state index contributed by atoms with van der Waals surface area (Å²) in [6.07, 6.45) is 2.27. The van der Waals surface area contributed by atoms with Crippen LogP contribution >= 0.6 is 0 Å². The van der Waals surface area contributed by atoms with Crippen molar-refractivity contribution in [2.45, 2.75) is 129 Å². The average Bonchev–Trinajstić information content (AvgIpc) is 3.13. The number of hydrogen-bond acceptors (Lipinski definition) is 10. The number of rotatable bonds is 25. The molecule has 6 atom stereocenters. The number of hydrogen-bond donors (Lipinski definition) is 9. The molecule has 6 amide bonds. The minimum atomic E-state index is -1.80. The van der Waals surface area contributed by atoms with Crippen molar-refractivity contribution in [2.24, 2.45) is 11.3 Å². The Morgan fingerprint density at radius 1 is 0.695 bits per heavy atom. The number of nitrogens with one attached hydrogen (secondary N) is 6. The summed E-state index contributed by atoms with van der Waals surface area (Å²) >= 11 is 0. The summed E-state index contributed by atoms with van der Waals surface area (Å²) in [5.74, 6) is -7.61. The fourth-order valence-electron chi connectivity index (χ4n) is 5.64. The fourth-order valence-corrected chi connectivity index (χ4v) is 5.64. The van der Waals surface area contributed by atoms with Gasteiger partial charge in [-0.3, -0.25) is 43.2 Å². The molecule has 1 aromatic rings. The average molecular weight is 829 g/mol. The van der Waals surface area contributed by atoms with Crippen LogP contribution in [0.2, 0.25) is 0 Å². The van der Waals surface area contributed by atoms with Gasteiger partial charge < -0.3 is 52.0 Å². The van der Waals surface area contributed by atoms with E-state index in [-0.39, 0.29) is 25.2 Å². The Bertz CT molecular complexity index is 1750. The Labute approximate surface area is 342 Å². The monoisotopic (exact) mass is 828 g/mol. The van der Waals surface area contributed by atoms with E-state index in [2.05, 4.69) is 37.8 Å². The summed E-state index contributed by atoms with van der Waals surface area (Å²) in [5, 5.41) is 42.4. The highest BCUT2D eigenvalue weighted by Crippen LogP contribution is 2.21. The van der Waals surface area contributed by atoms with Crippen LogP contribution in [0.25, 0.3) is 0 Å². The predicted molar refractivity (Wildman–Crippen MR) is 211 cm³/mol. The maximum Gasteiger partial charge on any atom is 0.305 e. The quantitative estimate of drug-likeness (QED) is 0.0463. The van der Waals surface area contributed by atoms with E-state index in [1.807, 2.05) is 13.8 Å². The molecule has 0 aromatic heterocycles. The first-order chi connectivity index (χ1) is 27.5. The number of carboxylic acids is 3. The molecule has 1 aromatic carbocycles. The lowest BCUT2D eigenvalue weighted by atomic mass is 9.85. The summed E-state index contributed by atoms with van der Waals surface area (Å²) in [4.78, 5) is 126. The van der Waals surface area contributed by atoms with Crippen LogP contribution in [-0.4, -0.2) is 111 Å². The summed E-state index contributed by atoms with van der Waals surface area (Å²) < 4.78 is 0. The molecule has 59 heavy (non-hydrogen) atoms. The van der Waals surface area contributed by atoms with E-state index in [1.165, 1.54) is 0 Å². The van der Waals surface area contributed by atoms with Crippen LogP contribution in [0.1, 0.15) is 90.7 Å². The standard InChI is InChI=1S/C40H56N6O13/c1-8-11-25(21-47)41-36(56)27(18-22(2)3)45-39(59)34(40(5,6)7)46-38(58)28(19-24-13-10-9-12-23(24)4)44-35(55)26(14-16-31(49)50)43-37(57)29(20-33(53)54)42-30(48)15-17-32(51)52/h1,9-10,12-13,21-22,25-29,34H,11,14-20H2,2-7H3,(H,41,56)(H,42,48)(H,43,57)(H,44,55)(H,45,59)(H,46,58)(H,49,50)(H,51,52)(H,53,54)/t25?,26-,27-,28-,29-,34+/m0/s1. The Morgan fingerprint density at radius 2 is 1.24 bits per heavy atom. The van der Waals surface area contributed by atoms with Gasteiger partial charge in [-0.05, 0) is 42.2 Å². The van der Waals surface area contributed by atoms with E-state index >= 15 is 0 Å². The lowest BCUT2D eigenvalue weighted by Gasteiger charge is -2.33. The van der Waals surface area contributed by atoms with Gasteiger partial charge in [0.2, 0.25) is 35.4 Å². The molecule has 0 aliphatic heterocycles. The Morgan fingerprint density at radius 3 is 1.76 bits per heavy atom. The highest BCUT2D eigenvalue weighted by molar-refractivity contribution is 5.98. The molecular formula is C40H56N6O13. The third-order valence-corrected chi connectivity index (χ3v) is 8.78. The summed E-state index contributed by atoms with van der Waals surface area (Å²) in [6, 6.07) is -1.57. The molecule has 19 heteroatoms. The first-order valence-electron chi connectivity index (χ1n) is 18.9. The van der Waals surface area contributed by atoms with Crippen molar-refractivity contribution in [1.82, 2.24) is 31.9 Å². The van der Waals surface area contributed by atoms with Gasteiger partial charge in [0.15, 0.2) is 0 Å². The highest BCUT2D eigenvalue weighted by atomic mass is 16.4. The van der Waals surface area contributed by atoms with Gasteiger partial charge in [-0.1, -0.05) is 58.9 Å². The molecule has 0 spiro atoms. The zero-order valence-electron chi connectivity index (χ0n) is 34.1. The number of aryl methyl sites for hydroxylation is 1. The number of amides is 6. The van der Waals surface area contributed by atoms with Gasteiger partial charge in [0, 0.05) is 25.7 Å². The molecule has 1 rings (SSSR count). The smallest absolute Gasteiger partial charge is 0.305 e. The molecule has 0 aliphatic carbocycles.